The number of morpholine rings is 1. The summed E-state index contributed by atoms with van der Waals surface area (Å²) >= 11 is 0. The highest BCUT2D eigenvalue weighted by atomic mass is 16.5. The quantitative estimate of drug-likeness (QED) is 0.873. The van der Waals surface area contributed by atoms with Crippen LogP contribution in [0.2, 0.25) is 0 Å². The van der Waals surface area contributed by atoms with Gasteiger partial charge in [0, 0.05) is 30.4 Å². The summed E-state index contributed by atoms with van der Waals surface area (Å²) in [5.74, 6) is 0.0698. The molecule has 0 aromatic heterocycles. The first kappa shape index (κ1) is 15.3. The molecule has 0 spiro atoms. The van der Waals surface area contributed by atoms with Crippen LogP contribution in [0.15, 0.2) is 24.3 Å². The van der Waals surface area contributed by atoms with Gasteiger partial charge in [0.1, 0.15) is 0 Å². The molecule has 0 atom stereocenters. The number of amides is 1. The fourth-order valence-electron chi connectivity index (χ4n) is 3.34. The maximum atomic E-state index is 12.4. The summed E-state index contributed by atoms with van der Waals surface area (Å²) in [6, 6.07) is 8.34. The molecule has 2 fully saturated rings. The van der Waals surface area contributed by atoms with Crippen molar-refractivity contribution in [3.8, 4) is 0 Å². The molecule has 1 saturated heterocycles. The molecule has 3 rings (SSSR count). The van der Waals surface area contributed by atoms with E-state index in [4.69, 9.17) is 4.74 Å². The molecule has 120 valence electrons. The molecule has 22 heavy (non-hydrogen) atoms. The summed E-state index contributed by atoms with van der Waals surface area (Å²) in [4.78, 5) is 14.7. The highest BCUT2D eigenvalue weighted by molar-refractivity contribution is 5.94. The minimum atomic E-state index is 0.0698. The van der Waals surface area contributed by atoms with Crippen LogP contribution >= 0.6 is 0 Å². The zero-order chi connectivity index (χ0) is 15.2. The number of anilines is 1. The van der Waals surface area contributed by atoms with Crippen molar-refractivity contribution in [2.75, 3.05) is 31.2 Å². The lowest BCUT2D eigenvalue weighted by molar-refractivity contribution is 0.0933. The Morgan fingerprint density at radius 1 is 1.00 bits per heavy atom. The fourth-order valence-corrected chi connectivity index (χ4v) is 3.34. The Labute approximate surface area is 132 Å². The van der Waals surface area contributed by atoms with Crippen LogP contribution in [0, 0.1) is 0 Å². The van der Waals surface area contributed by atoms with E-state index >= 15 is 0 Å². The number of benzene rings is 1. The molecule has 1 N–H and O–H groups in total. The van der Waals surface area contributed by atoms with Gasteiger partial charge in [0.15, 0.2) is 0 Å². The summed E-state index contributed by atoms with van der Waals surface area (Å²) in [6.07, 6.45) is 7.33. The molecule has 2 aliphatic rings. The molecule has 0 unspecified atom stereocenters. The molecule has 0 radical (unpaired) electrons. The minimum absolute atomic E-state index is 0.0698. The third-order valence-electron chi connectivity index (χ3n) is 4.70. The summed E-state index contributed by atoms with van der Waals surface area (Å²) in [7, 11) is 0. The average Bonchev–Trinajstić information content (AvgIpc) is 2.84. The van der Waals surface area contributed by atoms with Crippen LogP contribution in [0.25, 0.3) is 0 Å². The fraction of sp³-hybridized carbons (Fsp3) is 0.611. The standard InChI is InChI=1S/C18H26N2O2/c21-18(19-16-5-3-1-2-4-6-16)15-7-9-17(10-8-15)20-11-13-22-14-12-20/h7-10,16H,1-6,11-14H2,(H,19,21). The first-order valence-electron chi connectivity index (χ1n) is 8.56. The van der Waals surface area contributed by atoms with Gasteiger partial charge in [-0.15, -0.1) is 0 Å². The van der Waals surface area contributed by atoms with Gasteiger partial charge in [-0.1, -0.05) is 25.7 Å². The van der Waals surface area contributed by atoms with E-state index in [2.05, 4.69) is 10.2 Å². The molecular formula is C18H26N2O2. The lowest BCUT2D eigenvalue weighted by Crippen LogP contribution is -2.36. The Morgan fingerprint density at radius 2 is 1.64 bits per heavy atom. The third kappa shape index (κ3) is 4.01. The zero-order valence-electron chi connectivity index (χ0n) is 13.2. The second-order valence-corrected chi connectivity index (χ2v) is 6.31. The van der Waals surface area contributed by atoms with Crippen molar-refractivity contribution in [2.24, 2.45) is 0 Å². The van der Waals surface area contributed by atoms with Crippen LogP contribution in [0.4, 0.5) is 5.69 Å². The van der Waals surface area contributed by atoms with E-state index in [-0.39, 0.29) is 5.91 Å². The van der Waals surface area contributed by atoms with Crippen molar-refractivity contribution in [1.29, 1.82) is 0 Å². The average molecular weight is 302 g/mol. The Bertz CT molecular complexity index is 472. The number of nitrogens with zero attached hydrogens (tertiary/aromatic N) is 1. The van der Waals surface area contributed by atoms with Crippen LogP contribution in [0.5, 0.6) is 0 Å². The van der Waals surface area contributed by atoms with E-state index in [1.165, 1.54) is 31.4 Å². The predicted octanol–water partition coefficient (Wildman–Crippen LogP) is 2.98. The maximum Gasteiger partial charge on any atom is 0.251 e. The second kappa shape index (κ2) is 7.63. The van der Waals surface area contributed by atoms with E-state index in [0.717, 1.165) is 44.7 Å². The smallest absolute Gasteiger partial charge is 0.251 e. The van der Waals surface area contributed by atoms with Gasteiger partial charge in [0.25, 0.3) is 5.91 Å². The number of carbonyl (C=O) groups excluding carboxylic acids is 1. The first-order chi connectivity index (χ1) is 10.8. The SMILES string of the molecule is O=C(NC1CCCCCC1)c1ccc(N2CCOCC2)cc1. The minimum Gasteiger partial charge on any atom is -0.378 e. The van der Waals surface area contributed by atoms with Gasteiger partial charge in [-0.05, 0) is 37.1 Å². The van der Waals surface area contributed by atoms with Crippen LogP contribution in [-0.2, 0) is 4.74 Å². The zero-order valence-corrected chi connectivity index (χ0v) is 13.2. The largest absolute Gasteiger partial charge is 0.378 e. The van der Waals surface area contributed by atoms with Gasteiger partial charge >= 0.3 is 0 Å². The highest BCUT2D eigenvalue weighted by Crippen LogP contribution is 2.19. The highest BCUT2D eigenvalue weighted by Gasteiger charge is 2.16. The monoisotopic (exact) mass is 302 g/mol. The van der Waals surface area contributed by atoms with E-state index in [1.807, 2.05) is 24.3 Å². The van der Waals surface area contributed by atoms with Crippen LogP contribution in [-0.4, -0.2) is 38.3 Å². The summed E-state index contributed by atoms with van der Waals surface area (Å²) in [5, 5.41) is 3.20. The molecule has 1 heterocycles. The van der Waals surface area contributed by atoms with E-state index in [1.54, 1.807) is 0 Å². The number of ether oxygens (including phenoxy) is 1. The number of rotatable bonds is 3. The Balaban J connectivity index is 1.58. The molecule has 1 aromatic rings. The van der Waals surface area contributed by atoms with Crippen LogP contribution in [0.3, 0.4) is 0 Å². The van der Waals surface area contributed by atoms with Crippen molar-refractivity contribution in [2.45, 2.75) is 44.6 Å². The topological polar surface area (TPSA) is 41.6 Å². The summed E-state index contributed by atoms with van der Waals surface area (Å²) in [6.45, 7) is 3.41. The van der Waals surface area contributed by atoms with Crippen molar-refractivity contribution in [3.63, 3.8) is 0 Å². The molecule has 4 heteroatoms. The first-order valence-corrected chi connectivity index (χ1v) is 8.56. The van der Waals surface area contributed by atoms with E-state index in [0.29, 0.717) is 6.04 Å². The normalized spacial score (nSPS) is 20.5. The van der Waals surface area contributed by atoms with Crippen molar-refractivity contribution >= 4 is 11.6 Å². The number of hydrogen-bond acceptors (Lipinski definition) is 3. The predicted molar refractivity (Wildman–Crippen MR) is 88.4 cm³/mol. The van der Waals surface area contributed by atoms with Gasteiger partial charge in [-0.3, -0.25) is 4.79 Å². The van der Waals surface area contributed by atoms with Crippen molar-refractivity contribution < 1.29 is 9.53 Å². The van der Waals surface area contributed by atoms with Crippen molar-refractivity contribution in [1.82, 2.24) is 5.32 Å². The van der Waals surface area contributed by atoms with Gasteiger partial charge in [0.2, 0.25) is 0 Å². The third-order valence-corrected chi connectivity index (χ3v) is 4.70. The molecule has 1 amide bonds. The Hall–Kier alpha value is -1.55. The van der Waals surface area contributed by atoms with Gasteiger partial charge in [-0.25, -0.2) is 0 Å². The Morgan fingerprint density at radius 3 is 2.27 bits per heavy atom. The lowest BCUT2D eigenvalue weighted by atomic mass is 10.1. The molecule has 1 saturated carbocycles. The van der Waals surface area contributed by atoms with E-state index in [9.17, 15) is 4.79 Å². The molecule has 0 bridgehead atoms. The molecule has 1 aliphatic carbocycles. The number of carbonyl (C=O) groups is 1. The second-order valence-electron chi connectivity index (χ2n) is 6.31. The summed E-state index contributed by atoms with van der Waals surface area (Å²) in [5.41, 5.74) is 1.94. The van der Waals surface area contributed by atoms with Gasteiger partial charge in [0.05, 0.1) is 13.2 Å². The lowest BCUT2D eigenvalue weighted by Gasteiger charge is -2.28. The molecular weight excluding hydrogens is 276 g/mol. The van der Waals surface area contributed by atoms with Crippen LogP contribution in [0.1, 0.15) is 48.9 Å². The molecule has 1 aromatic carbocycles. The number of nitrogens with one attached hydrogen (secondary N) is 1. The Kier molecular flexibility index (Phi) is 5.33. The summed E-state index contributed by atoms with van der Waals surface area (Å²) < 4.78 is 5.37. The number of hydrogen-bond donors (Lipinski definition) is 1. The van der Waals surface area contributed by atoms with Gasteiger partial charge < -0.3 is 15.0 Å². The maximum absolute atomic E-state index is 12.4. The van der Waals surface area contributed by atoms with Crippen molar-refractivity contribution in [3.05, 3.63) is 29.8 Å². The molecule has 1 aliphatic heterocycles. The van der Waals surface area contributed by atoms with Gasteiger partial charge in [-0.2, -0.15) is 0 Å². The van der Waals surface area contributed by atoms with E-state index < -0.39 is 0 Å². The van der Waals surface area contributed by atoms with Crippen LogP contribution < -0.4 is 10.2 Å². The molecule has 4 nitrogen and oxygen atoms in total.